The molecule has 0 aliphatic carbocycles. The Balaban J connectivity index is 2.61. The van der Waals surface area contributed by atoms with E-state index in [0.29, 0.717) is 12.5 Å². The van der Waals surface area contributed by atoms with Crippen LogP contribution in [-0.2, 0) is 9.59 Å². The molecule has 0 atom stereocenters. The Morgan fingerprint density at radius 1 is 1.14 bits per heavy atom. The minimum atomic E-state index is -0.177. The smallest absolute Gasteiger partial charge is 0.243 e. The van der Waals surface area contributed by atoms with Gasteiger partial charge in [0.15, 0.2) is 0 Å². The first-order chi connectivity index (χ1) is 9.79. The van der Waals surface area contributed by atoms with Gasteiger partial charge >= 0.3 is 0 Å². The molecule has 0 radical (unpaired) electrons. The molecule has 5 heteroatoms. The van der Waals surface area contributed by atoms with E-state index in [9.17, 15) is 9.59 Å². The number of amides is 2. The van der Waals surface area contributed by atoms with E-state index in [1.165, 1.54) is 6.92 Å². The number of carbonyl (C=O) groups is 2. The second-order valence-corrected chi connectivity index (χ2v) is 5.78. The molecule has 116 valence electrons. The van der Waals surface area contributed by atoms with Crippen molar-refractivity contribution in [2.45, 2.75) is 20.8 Å². The lowest BCUT2D eigenvalue weighted by molar-refractivity contribution is -0.133. The first-order valence-corrected chi connectivity index (χ1v) is 7.12. The van der Waals surface area contributed by atoms with Crippen molar-refractivity contribution in [3.8, 4) is 0 Å². The van der Waals surface area contributed by atoms with Gasteiger partial charge in [-0.3, -0.25) is 9.59 Å². The number of rotatable bonds is 6. The number of hydrogen-bond donors (Lipinski definition) is 1. The molecule has 0 aliphatic heterocycles. The largest absolute Gasteiger partial charge is 0.378 e. The molecule has 0 aliphatic rings. The van der Waals surface area contributed by atoms with Crippen molar-refractivity contribution in [2.75, 3.05) is 37.4 Å². The summed E-state index contributed by atoms with van der Waals surface area (Å²) in [6, 6.07) is 7.58. The second kappa shape index (κ2) is 7.67. The minimum absolute atomic E-state index is 0.0817. The molecule has 0 saturated heterocycles. The van der Waals surface area contributed by atoms with Gasteiger partial charge in [0.05, 0.1) is 6.54 Å². The highest BCUT2D eigenvalue weighted by Crippen LogP contribution is 2.15. The third kappa shape index (κ3) is 5.85. The Morgan fingerprint density at radius 3 is 2.14 bits per heavy atom. The summed E-state index contributed by atoms with van der Waals surface area (Å²) in [6.45, 7) is 6.20. The molecule has 1 aromatic carbocycles. The van der Waals surface area contributed by atoms with Crippen LogP contribution in [-0.4, -0.2) is 43.9 Å². The van der Waals surface area contributed by atoms with E-state index >= 15 is 0 Å². The lowest BCUT2D eigenvalue weighted by Gasteiger charge is -2.22. The average molecular weight is 291 g/mol. The number of benzene rings is 1. The summed E-state index contributed by atoms with van der Waals surface area (Å²) in [6.07, 6.45) is 0. The summed E-state index contributed by atoms with van der Waals surface area (Å²) in [5, 5.41) is 2.82. The van der Waals surface area contributed by atoms with Crippen LogP contribution in [0.1, 0.15) is 20.8 Å². The Labute approximate surface area is 126 Å². The van der Waals surface area contributed by atoms with Gasteiger partial charge in [0.25, 0.3) is 0 Å². The molecule has 0 aromatic heterocycles. The standard InChI is InChI=1S/C16H25N3O2/c1-12(2)10-19(13(3)20)11-16(21)17-14-6-8-15(9-7-14)18(4)5/h6-9,12H,10-11H2,1-5H3,(H,17,21). The van der Waals surface area contributed by atoms with Crippen molar-refractivity contribution in [1.82, 2.24) is 4.90 Å². The van der Waals surface area contributed by atoms with Crippen LogP contribution in [0.3, 0.4) is 0 Å². The van der Waals surface area contributed by atoms with Gasteiger partial charge < -0.3 is 15.1 Å². The van der Waals surface area contributed by atoms with Crippen LogP contribution in [0.15, 0.2) is 24.3 Å². The molecule has 0 heterocycles. The zero-order valence-corrected chi connectivity index (χ0v) is 13.5. The van der Waals surface area contributed by atoms with E-state index in [-0.39, 0.29) is 18.4 Å². The van der Waals surface area contributed by atoms with Crippen LogP contribution < -0.4 is 10.2 Å². The van der Waals surface area contributed by atoms with Gasteiger partial charge in [-0.1, -0.05) is 13.8 Å². The molecule has 1 aromatic rings. The Morgan fingerprint density at radius 2 is 1.71 bits per heavy atom. The molecular formula is C16H25N3O2. The molecule has 2 amide bonds. The van der Waals surface area contributed by atoms with Gasteiger partial charge in [-0.05, 0) is 30.2 Å². The van der Waals surface area contributed by atoms with E-state index in [1.54, 1.807) is 4.90 Å². The lowest BCUT2D eigenvalue weighted by Crippen LogP contribution is -2.38. The van der Waals surface area contributed by atoms with Gasteiger partial charge in [0, 0.05) is 38.9 Å². The maximum Gasteiger partial charge on any atom is 0.243 e. The number of carbonyl (C=O) groups excluding carboxylic acids is 2. The Hall–Kier alpha value is -2.04. The number of anilines is 2. The quantitative estimate of drug-likeness (QED) is 0.874. The van der Waals surface area contributed by atoms with Gasteiger partial charge in [-0.25, -0.2) is 0 Å². The number of hydrogen-bond acceptors (Lipinski definition) is 3. The SMILES string of the molecule is CC(=O)N(CC(=O)Nc1ccc(N(C)C)cc1)CC(C)C. The van der Waals surface area contributed by atoms with E-state index in [0.717, 1.165) is 11.4 Å². The molecule has 0 spiro atoms. The van der Waals surface area contributed by atoms with Crippen molar-refractivity contribution in [3.63, 3.8) is 0 Å². The van der Waals surface area contributed by atoms with Crippen LogP contribution in [0.5, 0.6) is 0 Å². The molecule has 0 fully saturated rings. The third-order valence-corrected chi connectivity index (χ3v) is 3.03. The molecule has 5 nitrogen and oxygen atoms in total. The first kappa shape index (κ1) is 17.0. The molecule has 0 saturated carbocycles. The van der Waals surface area contributed by atoms with E-state index < -0.39 is 0 Å². The molecule has 0 unspecified atom stereocenters. The van der Waals surface area contributed by atoms with Gasteiger partial charge in [-0.15, -0.1) is 0 Å². The zero-order valence-electron chi connectivity index (χ0n) is 13.5. The summed E-state index contributed by atoms with van der Waals surface area (Å²) in [5.74, 6) is 0.0753. The van der Waals surface area contributed by atoms with Crippen LogP contribution in [0, 0.1) is 5.92 Å². The normalized spacial score (nSPS) is 10.4. The fourth-order valence-corrected chi connectivity index (χ4v) is 1.96. The highest BCUT2D eigenvalue weighted by molar-refractivity contribution is 5.94. The van der Waals surface area contributed by atoms with E-state index in [1.807, 2.05) is 57.1 Å². The predicted molar refractivity (Wildman–Crippen MR) is 86.5 cm³/mol. The number of nitrogens with zero attached hydrogens (tertiary/aromatic N) is 2. The molecule has 1 rings (SSSR count). The topological polar surface area (TPSA) is 52.7 Å². The van der Waals surface area contributed by atoms with E-state index in [2.05, 4.69) is 5.32 Å². The number of nitrogens with one attached hydrogen (secondary N) is 1. The Kier molecular flexibility index (Phi) is 6.21. The van der Waals surface area contributed by atoms with E-state index in [4.69, 9.17) is 0 Å². The average Bonchev–Trinajstić information content (AvgIpc) is 2.37. The van der Waals surface area contributed by atoms with Crippen LogP contribution in [0.2, 0.25) is 0 Å². The maximum absolute atomic E-state index is 12.0. The van der Waals surface area contributed by atoms with Crippen LogP contribution >= 0.6 is 0 Å². The zero-order chi connectivity index (χ0) is 16.0. The predicted octanol–water partition coefficient (Wildman–Crippen LogP) is 2.20. The molecular weight excluding hydrogens is 266 g/mol. The summed E-state index contributed by atoms with van der Waals surface area (Å²) >= 11 is 0. The molecule has 21 heavy (non-hydrogen) atoms. The monoisotopic (exact) mass is 291 g/mol. The van der Waals surface area contributed by atoms with Crippen molar-refractivity contribution < 1.29 is 9.59 Å². The maximum atomic E-state index is 12.0. The fourth-order valence-electron chi connectivity index (χ4n) is 1.96. The lowest BCUT2D eigenvalue weighted by atomic mass is 10.2. The molecule has 1 N–H and O–H groups in total. The van der Waals surface area contributed by atoms with Crippen LogP contribution in [0.4, 0.5) is 11.4 Å². The Bertz CT molecular complexity index is 481. The van der Waals surface area contributed by atoms with Crippen LogP contribution in [0.25, 0.3) is 0 Å². The van der Waals surface area contributed by atoms with Crippen molar-refractivity contribution in [1.29, 1.82) is 0 Å². The minimum Gasteiger partial charge on any atom is -0.378 e. The summed E-state index contributed by atoms with van der Waals surface area (Å²) in [4.78, 5) is 27.1. The van der Waals surface area contributed by atoms with Gasteiger partial charge in [0.1, 0.15) is 0 Å². The highest BCUT2D eigenvalue weighted by atomic mass is 16.2. The first-order valence-electron chi connectivity index (χ1n) is 7.12. The van der Waals surface area contributed by atoms with Crippen molar-refractivity contribution >= 4 is 23.2 Å². The van der Waals surface area contributed by atoms with Gasteiger partial charge in [-0.2, -0.15) is 0 Å². The second-order valence-electron chi connectivity index (χ2n) is 5.78. The summed E-state index contributed by atoms with van der Waals surface area (Å²) in [7, 11) is 3.93. The summed E-state index contributed by atoms with van der Waals surface area (Å²) in [5.41, 5.74) is 1.80. The fraction of sp³-hybridized carbons (Fsp3) is 0.500. The van der Waals surface area contributed by atoms with Crippen molar-refractivity contribution in [3.05, 3.63) is 24.3 Å². The summed E-state index contributed by atoms with van der Waals surface area (Å²) < 4.78 is 0. The highest BCUT2D eigenvalue weighted by Gasteiger charge is 2.14. The van der Waals surface area contributed by atoms with Gasteiger partial charge in [0.2, 0.25) is 11.8 Å². The molecule has 0 bridgehead atoms. The third-order valence-electron chi connectivity index (χ3n) is 3.03. The van der Waals surface area contributed by atoms with Crippen molar-refractivity contribution in [2.24, 2.45) is 5.92 Å².